The molecule has 20 heavy (non-hydrogen) atoms. The van der Waals surface area contributed by atoms with Gasteiger partial charge in [-0.25, -0.2) is 9.18 Å². The highest BCUT2D eigenvalue weighted by molar-refractivity contribution is 5.91. The fourth-order valence-corrected chi connectivity index (χ4v) is 1.37. The molecule has 0 saturated carbocycles. The molecule has 1 amide bonds. The van der Waals surface area contributed by atoms with Gasteiger partial charge < -0.3 is 15.8 Å². The third-order valence-corrected chi connectivity index (χ3v) is 2.93. The standard InChI is InChI=1S/C14H19FN2O3/c1-4-14(2,3)17-12(18)8-20-13(19)9-5-6-11(16)10(15)7-9/h5-7H,4,8,16H2,1-3H3,(H,17,18). The van der Waals surface area contributed by atoms with Gasteiger partial charge >= 0.3 is 5.97 Å². The zero-order valence-electron chi connectivity index (χ0n) is 11.8. The lowest BCUT2D eigenvalue weighted by atomic mass is 10.0. The van der Waals surface area contributed by atoms with Gasteiger partial charge in [0.1, 0.15) is 5.82 Å². The van der Waals surface area contributed by atoms with Crippen LogP contribution in [-0.4, -0.2) is 24.0 Å². The molecule has 1 rings (SSSR count). The van der Waals surface area contributed by atoms with Crippen molar-refractivity contribution in [2.45, 2.75) is 32.7 Å². The molecule has 0 aliphatic carbocycles. The Morgan fingerprint density at radius 2 is 2.05 bits per heavy atom. The smallest absolute Gasteiger partial charge is 0.338 e. The summed E-state index contributed by atoms with van der Waals surface area (Å²) in [6, 6.07) is 3.59. The molecule has 0 unspecified atom stereocenters. The van der Waals surface area contributed by atoms with Crippen LogP contribution in [-0.2, 0) is 9.53 Å². The van der Waals surface area contributed by atoms with Gasteiger partial charge in [-0.1, -0.05) is 6.92 Å². The number of hydrogen-bond donors (Lipinski definition) is 2. The van der Waals surface area contributed by atoms with E-state index in [1.165, 1.54) is 12.1 Å². The molecule has 0 spiro atoms. The number of carbonyl (C=O) groups excluding carboxylic acids is 2. The maximum Gasteiger partial charge on any atom is 0.338 e. The Hall–Kier alpha value is -2.11. The molecule has 110 valence electrons. The van der Waals surface area contributed by atoms with E-state index in [2.05, 4.69) is 5.32 Å². The summed E-state index contributed by atoms with van der Waals surface area (Å²) in [6.07, 6.45) is 0.746. The summed E-state index contributed by atoms with van der Waals surface area (Å²) in [5, 5.41) is 2.72. The van der Waals surface area contributed by atoms with Crippen molar-refractivity contribution >= 4 is 17.6 Å². The molecule has 3 N–H and O–H groups in total. The van der Waals surface area contributed by atoms with E-state index in [-0.39, 0.29) is 16.8 Å². The van der Waals surface area contributed by atoms with Gasteiger partial charge in [0.25, 0.3) is 5.91 Å². The molecule has 0 fully saturated rings. The summed E-state index contributed by atoms with van der Waals surface area (Å²) < 4.78 is 18.0. The lowest BCUT2D eigenvalue weighted by molar-refractivity contribution is -0.125. The Kier molecular flexibility index (Phi) is 5.07. The zero-order valence-corrected chi connectivity index (χ0v) is 11.8. The molecule has 0 atom stereocenters. The molecule has 5 nitrogen and oxygen atoms in total. The first kappa shape index (κ1) is 15.9. The summed E-state index contributed by atoms with van der Waals surface area (Å²) in [4.78, 5) is 23.2. The number of esters is 1. The molecule has 1 aromatic rings. The van der Waals surface area contributed by atoms with Gasteiger partial charge in [0.15, 0.2) is 6.61 Å². The first-order chi connectivity index (χ1) is 9.25. The van der Waals surface area contributed by atoms with Crippen molar-refractivity contribution in [3.8, 4) is 0 Å². The fraction of sp³-hybridized carbons (Fsp3) is 0.429. The van der Waals surface area contributed by atoms with Gasteiger partial charge in [0.2, 0.25) is 0 Å². The van der Waals surface area contributed by atoms with E-state index < -0.39 is 24.3 Å². The fourth-order valence-electron chi connectivity index (χ4n) is 1.37. The maximum atomic E-state index is 13.2. The number of nitrogens with two attached hydrogens (primary N) is 1. The van der Waals surface area contributed by atoms with Crippen LogP contribution in [0.1, 0.15) is 37.6 Å². The van der Waals surface area contributed by atoms with Crippen LogP contribution in [0.5, 0.6) is 0 Å². The van der Waals surface area contributed by atoms with Crippen molar-refractivity contribution in [3.05, 3.63) is 29.6 Å². The summed E-state index contributed by atoms with van der Waals surface area (Å²) in [5.41, 5.74) is 4.90. The van der Waals surface area contributed by atoms with Crippen molar-refractivity contribution in [1.82, 2.24) is 5.32 Å². The van der Waals surface area contributed by atoms with Crippen LogP contribution in [0.2, 0.25) is 0 Å². The van der Waals surface area contributed by atoms with Crippen LogP contribution in [0.25, 0.3) is 0 Å². The first-order valence-corrected chi connectivity index (χ1v) is 6.28. The molecule has 1 aromatic carbocycles. The first-order valence-electron chi connectivity index (χ1n) is 6.28. The monoisotopic (exact) mass is 282 g/mol. The van der Waals surface area contributed by atoms with E-state index in [0.29, 0.717) is 0 Å². The quantitative estimate of drug-likeness (QED) is 0.638. The second kappa shape index (κ2) is 6.36. The van der Waals surface area contributed by atoms with E-state index >= 15 is 0 Å². The normalized spacial score (nSPS) is 11.0. The number of halogens is 1. The number of amides is 1. The van der Waals surface area contributed by atoms with Crippen LogP contribution in [0.3, 0.4) is 0 Å². The Bertz CT molecular complexity index is 515. The average Bonchev–Trinajstić information content (AvgIpc) is 2.38. The Morgan fingerprint density at radius 1 is 1.40 bits per heavy atom. The summed E-state index contributed by atoms with van der Waals surface area (Å²) in [5.74, 6) is -1.87. The van der Waals surface area contributed by atoms with Crippen LogP contribution in [0, 0.1) is 5.82 Å². The van der Waals surface area contributed by atoms with E-state index in [1.807, 2.05) is 20.8 Å². The summed E-state index contributed by atoms with van der Waals surface area (Å²) >= 11 is 0. The van der Waals surface area contributed by atoms with Crippen LogP contribution < -0.4 is 11.1 Å². The van der Waals surface area contributed by atoms with Gasteiger partial charge in [-0.3, -0.25) is 4.79 Å². The highest BCUT2D eigenvalue weighted by Crippen LogP contribution is 2.13. The molecule has 0 saturated heterocycles. The van der Waals surface area contributed by atoms with E-state index in [4.69, 9.17) is 10.5 Å². The third-order valence-electron chi connectivity index (χ3n) is 2.93. The van der Waals surface area contributed by atoms with Gasteiger partial charge in [-0.2, -0.15) is 0 Å². The molecule has 6 heteroatoms. The molecule has 0 aromatic heterocycles. The van der Waals surface area contributed by atoms with Gasteiger partial charge in [0.05, 0.1) is 11.3 Å². The highest BCUT2D eigenvalue weighted by Gasteiger charge is 2.19. The maximum absolute atomic E-state index is 13.2. The molecule has 0 radical (unpaired) electrons. The average molecular weight is 282 g/mol. The second-order valence-corrected chi connectivity index (χ2v) is 5.10. The lowest BCUT2D eigenvalue weighted by Gasteiger charge is -2.24. The van der Waals surface area contributed by atoms with Gasteiger partial charge in [-0.15, -0.1) is 0 Å². The van der Waals surface area contributed by atoms with E-state index in [0.717, 1.165) is 12.5 Å². The van der Waals surface area contributed by atoms with E-state index in [1.54, 1.807) is 0 Å². The Labute approximate surface area is 117 Å². The number of nitrogen functional groups attached to an aromatic ring is 1. The topological polar surface area (TPSA) is 81.4 Å². The molecule has 0 aliphatic heterocycles. The number of anilines is 1. The highest BCUT2D eigenvalue weighted by atomic mass is 19.1. The van der Waals surface area contributed by atoms with Crippen molar-refractivity contribution in [3.63, 3.8) is 0 Å². The minimum absolute atomic E-state index is 0.0132. The van der Waals surface area contributed by atoms with Gasteiger partial charge in [-0.05, 0) is 38.5 Å². The van der Waals surface area contributed by atoms with Crippen molar-refractivity contribution in [2.75, 3.05) is 12.3 Å². The van der Waals surface area contributed by atoms with Gasteiger partial charge in [0, 0.05) is 5.54 Å². The minimum Gasteiger partial charge on any atom is -0.452 e. The predicted molar refractivity (Wildman–Crippen MR) is 73.6 cm³/mol. The number of nitrogens with one attached hydrogen (secondary N) is 1. The number of rotatable bonds is 5. The number of ether oxygens (including phenoxy) is 1. The SMILES string of the molecule is CCC(C)(C)NC(=O)COC(=O)c1ccc(N)c(F)c1. The Morgan fingerprint density at radius 3 is 2.60 bits per heavy atom. The minimum atomic E-state index is -0.770. The van der Waals surface area contributed by atoms with Crippen molar-refractivity contribution in [1.29, 1.82) is 0 Å². The molecule has 0 heterocycles. The van der Waals surface area contributed by atoms with Crippen LogP contribution in [0.15, 0.2) is 18.2 Å². The molecular weight excluding hydrogens is 263 g/mol. The van der Waals surface area contributed by atoms with Crippen molar-refractivity contribution < 1.29 is 18.7 Å². The van der Waals surface area contributed by atoms with Crippen LogP contribution in [0.4, 0.5) is 10.1 Å². The Balaban J connectivity index is 2.55. The molecule has 0 bridgehead atoms. The zero-order chi connectivity index (χ0) is 15.3. The summed E-state index contributed by atoms with van der Waals surface area (Å²) in [6.45, 7) is 5.25. The molecule has 0 aliphatic rings. The second-order valence-electron chi connectivity index (χ2n) is 5.10. The number of hydrogen-bond acceptors (Lipinski definition) is 4. The number of carbonyl (C=O) groups is 2. The predicted octanol–water partition coefficient (Wildman–Crippen LogP) is 1.87. The third kappa shape index (κ3) is 4.53. The lowest BCUT2D eigenvalue weighted by Crippen LogP contribution is -2.44. The number of benzene rings is 1. The van der Waals surface area contributed by atoms with E-state index in [9.17, 15) is 14.0 Å². The molecular formula is C14H19FN2O3. The van der Waals surface area contributed by atoms with Crippen molar-refractivity contribution in [2.24, 2.45) is 0 Å². The summed E-state index contributed by atoms with van der Waals surface area (Å²) in [7, 11) is 0. The van der Waals surface area contributed by atoms with Crippen LogP contribution >= 0.6 is 0 Å². The largest absolute Gasteiger partial charge is 0.452 e.